The van der Waals surface area contributed by atoms with Gasteiger partial charge in [0.25, 0.3) is 0 Å². The van der Waals surface area contributed by atoms with Gasteiger partial charge >= 0.3 is 5.97 Å². The summed E-state index contributed by atoms with van der Waals surface area (Å²) in [5.74, 6) is -1.09. The molecule has 20 heavy (non-hydrogen) atoms. The van der Waals surface area contributed by atoms with Crippen molar-refractivity contribution in [1.29, 1.82) is 0 Å². The summed E-state index contributed by atoms with van der Waals surface area (Å²) in [5.41, 5.74) is 1.25. The molecule has 1 aliphatic carbocycles. The fourth-order valence-electron chi connectivity index (χ4n) is 3.60. The molecule has 0 aromatic heterocycles. The van der Waals surface area contributed by atoms with Gasteiger partial charge < -0.3 is 19.0 Å². The van der Waals surface area contributed by atoms with Crippen LogP contribution < -0.4 is 0 Å². The van der Waals surface area contributed by atoms with Gasteiger partial charge in [-0.2, -0.15) is 0 Å². The highest BCUT2D eigenvalue weighted by Crippen LogP contribution is 2.49. The second-order valence-corrected chi connectivity index (χ2v) is 6.33. The molecule has 3 atom stereocenters. The van der Waals surface area contributed by atoms with E-state index in [2.05, 4.69) is 0 Å². The van der Waals surface area contributed by atoms with E-state index in [1.54, 1.807) is 0 Å². The molecular weight excluding hydrogens is 260 g/mol. The van der Waals surface area contributed by atoms with Gasteiger partial charge in [0, 0.05) is 5.92 Å². The molecule has 2 fully saturated rings. The summed E-state index contributed by atoms with van der Waals surface area (Å²) in [4.78, 5) is 23.4. The summed E-state index contributed by atoms with van der Waals surface area (Å²) < 4.78 is 16.7. The van der Waals surface area contributed by atoms with E-state index in [1.807, 2.05) is 20.8 Å². The first-order valence-corrected chi connectivity index (χ1v) is 7.04. The number of esters is 1. The SMILES string of the molecule is CC1=C(C2COC(C)(C)O2)CCC2(C=O)C(=O)OCC12. The monoisotopic (exact) mass is 280 g/mol. The average molecular weight is 280 g/mol. The van der Waals surface area contributed by atoms with Gasteiger partial charge in [0.05, 0.1) is 13.2 Å². The Bertz CT molecular complexity index is 492. The lowest BCUT2D eigenvalue weighted by Crippen LogP contribution is -2.40. The first-order chi connectivity index (χ1) is 9.39. The number of aldehydes is 1. The van der Waals surface area contributed by atoms with Crippen LogP contribution in [0.25, 0.3) is 0 Å². The van der Waals surface area contributed by atoms with Crippen LogP contribution in [0.5, 0.6) is 0 Å². The maximum Gasteiger partial charge on any atom is 0.320 e. The van der Waals surface area contributed by atoms with Crippen LogP contribution >= 0.6 is 0 Å². The molecule has 5 heteroatoms. The van der Waals surface area contributed by atoms with Crippen molar-refractivity contribution in [1.82, 2.24) is 0 Å². The summed E-state index contributed by atoms with van der Waals surface area (Å²) in [6, 6.07) is 0. The highest BCUT2D eigenvalue weighted by Gasteiger charge is 2.56. The number of rotatable bonds is 2. The Morgan fingerprint density at radius 1 is 1.30 bits per heavy atom. The highest BCUT2D eigenvalue weighted by atomic mass is 16.7. The quantitative estimate of drug-likeness (QED) is 0.333. The van der Waals surface area contributed by atoms with Crippen molar-refractivity contribution in [2.45, 2.75) is 45.5 Å². The van der Waals surface area contributed by atoms with Crippen molar-refractivity contribution in [2.75, 3.05) is 13.2 Å². The Hall–Kier alpha value is -1.20. The number of fused-ring (bicyclic) bond motifs is 1. The Kier molecular flexibility index (Phi) is 3.03. The molecule has 0 spiro atoms. The van der Waals surface area contributed by atoms with Crippen molar-refractivity contribution in [3.63, 3.8) is 0 Å². The Labute approximate surface area is 118 Å². The van der Waals surface area contributed by atoms with E-state index in [-0.39, 0.29) is 18.0 Å². The van der Waals surface area contributed by atoms with Crippen molar-refractivity contribution in [2.24, 2.45) is 11.3 Å². The zero-order valence-electron chi connectivity index (χ0n) is 12.1. The normalized spacial score (nSPS) is 39.6. The standard InChI is InChI=1S/C15H20O5/c1-9-10(12-7-19-14(2,3)20-12)4-5-15(8-16)11(9)6-18-13(15)17/h8,11-12H,4-7H2,1-3H3. The summed E-state index contributed by atoms with van der Waals surface area (Å²) in [6.45, 7) is 6.58. The molecule has 0 bridgehead atoms. The Balaban J connectivity index is 1.92. The maximum absolute atomic E-state index is 11.9. The van der Waals surface area contributed by atoms with E-state index in [1.165, 1.54) is 0 Å². The van der Waals surface area contributed by atoms with Crippen LogP contribution in [0, 0.1) is 11.3 Å². The summed E-state index contributed by atoms with van der Waals surface area (Å²) in [5, 5.41) is 0. The lowest BCUT2D eigenvalue weighted by atomic mass is 9.66. The fraction of sp³-hybridized carbons (Fsp3) is 0.733. The molecule has 5 nitrogen and oxygen atoms in total. The van der Waals surface area contributed by atoms with Crippen LogP contribution in [0.4, 0.5) is 0 Å². The number of ether oxygens (including phenoxy) is 3. The fourth-order valence-corrected chi connectivity index (χ4v) is 3.60. The molecule has 110 valence electrons. The number of hydrogen-bond donors (Lipinski definition) is 0. The van der Waals surface area contributed by atoms with Crippen molar-refractivity contribution >= 4 is 12.3 Å². The van der Waals surface area contributed by atoms with E-state index in [4.69, 9.17) is 14.2 Å². The molecule has 0 radical (unpaired) electrons. The van der Waals surface area contributed by atoms with Gasteiger partial charge in [-0.1, -0.05) is 5.57 Å². The van der Waals surface area contributed by atoms with Gasteiger partial charge in [0.15, 0.2) is 5.79 Å². The lowest BCUT2D eigenvalue weighted by Gasteiger charge is -2.34. The van der Waals surface area contributed by atoms with E-state index in [9.17, 15) is 9.59 Å². The van der Waals surface area contributed by atoms with Gasteiger partial charge in [0.1, 0.15) is 17.8 Å². The molecule has 0 amide bonds. The van der Waals surface area contributed by atoms with Crippen LogP contribution in [0.3, 0.4) is 0 Å². The average Bonchev–Trinajstić information content (AvgIpc) is 2.92. The smallest absolute Gasteiger partial charge is 0.320 e. The molecular formula is C15H20O5. The first-order valence-electron chi connectivity index (χ1n) is 7.04. The molecule has 2 aliphatic heterocycles. The maximum atomic E-state index is 11.9. The molecule has 3 aliphatic rings. The van der Waals surface area contributed by atoms with Gasteiger partial charge in [-0.15, -0.1) is 0 Å². The molecule has 2 saturated heterocycles. The summed E-state index contributed by atoms with van der Waals surface area (Å²) in [6.07, 6.45) is 1.89. The third-order valence-corrected chi connectivity index (χ3v) is 4.83. The lowest BCUT2D eigenvalue weighted by molar-refractivity contribution is -0.149. The second kappa shape index (κ2) is 4.40. The van der Waals surface area contributed by atoms with Crippen molar-refractivity contribution in [3.8, 4) is 0 Å². The van der Waals surface area contributed by atoms with E-state index in [0.29, 0.717) is 26.1 Å². The molecule has 2 heterocycles. The van der Waals surface area contributed by atoms with Crippen molar-refractivity contribution < 1.29 is 23.8 Å². The van der Waals surface area contributed by atoms with Gasteiger partial charge in [-0.05, 0) is 39.2 Å². The largest absolute Gasteiger partial charge is 0.464 e. The highest BCUT2D eigenvalue weighted by molar-refractivity contribution is 5.96. The minimum atomic E-state index is -0.970. The topological polar surface area (TPSA) is 61.8 Å². The van der Waals surface area contributed by atoms with Gasteiger partial charge in [-0.25, -0.2) is 0 Å². The Morgan fingerprint density at radius 2 is 2.05 bits per heavy atom. The first kappa shape index (κ1) is 13.8. The Morgan fingerprint density at radius 3 is 2.65 bits per heavy atom. The third kappa shape index (κ3) is 1.84. The zero-order chi connectivity index (χ0) is 14.5. The number of carbonyl (C=O) groups excluding carboxylic acids is 2. The molecule has 0 aromatic carbocycles. The van der Waals surface area contributed by atoms with Crippen LogP contribution in [0.15, 0.2) is 11.1 Å². The second-order valence-electron chi connectivity index (χ2n) is 6.33. The molecule has 0 N–H and O–H groups in total. The molecule has 3 unspecified atom stereocenters. The van der Waals surface area contributed by atoms with E-state index < -0.39 is 11.2 Å². The van der Waals surface area contributed by atoms with Crippen LogP contribution in [0.1, 0.15) is 33.6 Å². The van der Waals surface area contributed by atoms with E-state index in [0.717, 1.165) is 17.4 Å². The van der Waals surface area contributed by atoms with Crippen molar-refractivity contribution in [3.05, 3.63) is 11.1 Å². The molecule has 0 saturated carbocycles. The molecule has 0 aromatic rings. The van der Waals surface area contributed by atoms with Crippen LogP contribution in [-0.4, -0.2) is 37.4 Å². The minimum absolute atomic E-state index is 0.0784. The predicted octanol–water partition coefficient (Wildman–Crippen LogP) is 1.61. The minimum Gasteiger partial charge on any atom is -0.464 e. The zero-order valence-corrected chi connectivity index (χ0v) is 12.1. The van der Waals surface area contributed by atoms with Gasteiger partial charge in [0.2, 0.25) is 0 Å². The van der Waals surface area contributed by atoms with Gasteiger partial charge in [-0.3, -0.25) is 4.79 Å². The predicted molar refractivity (Wildman–Crippen MR) is 69.8 cm³/mol. The number of cyclic esters (lactones) is 1. The van der Waals surface area contributed by atoms with Crippen LogP contribution in [-0.2, 0) is 23.8 Å². The summed E-state index contributed by atoms with van der Waals surface area (Å²) >= 11 is 0. The number of carbonyl (C=O) groups is 2. The summed E-state index contributed by atoms with van der Waals surface area (Å²) in [7, 11) is 0. The molecule has 3 rings (SSSR count). The van der Waals surface area contributed by atoms with E-state index >= 15 is 0 Å². The number of hydrogen-bond acceptors (Lipinski definition) is 5. The third-order valence-electron chi connectivity index (χ3n) is 4.83. The van der Waals surface area contributed by atoms with Crippen LogP contribution in [0.2, 0.25) is 0 Å².